The molecule has 0 aliphatic heterocycles. The Labute approximate surface area is 259 Å². The van der Waals surface area contributed by atoms with Crippen LogP contribution in [0.3, 0.4) is 0 Å². The third-order valence-electron chi connectivity index (χ3n) is 7.98. The second-order valence-corrected chi connectivity index (χ2v) is 14.2. The van der Waals surface area contributed by atoms with Gasteiger partial charge in [-0.3, -0.25) is 9.97 Å². The summed E-state index contributed by atoms with van der Waals surface area (Å²) in [6, 6.07) is 58.3. The minimum absolute atomic E-state index is 0.829. The quantitative estimate of drug-likeness (QED) is 0.169. The van der Waals surface area contributed by atoms with Gasteiger partial charge in [0.1, 0.15) is 23.2 Å². The van der Waals surface area contributed by atoms with Crippen LogP contribution in [0.1, 0.15) is 5.56 Å². The molecule has 44 heavy (non-hydrogen) atoms. The maximum Gasteiger partial charge on any atom is 0.116 e. The molecule has 0 bridgehead atoms. The molecule has 3 aromatic heterocycles. The van der Waals surface area contributed by atoms with E-state index >= 15 is 0 Å². The minimum atomic E-state index is -1.98. The average Bonchev–Trinajstić information content (AvgIpc) is 3.12. The van der Waals surface area contributed by atoms with Gasteiger partial charge in [0, 0.05) is 12.4 Å². The van der Waals surface area contributed by atoms with Crippen LogP contribution in [0.25, 0.3) is 33.9 Å². The molecule has 0 saturated heterocycles. The molecule has 0 radical (unpaired) electrons. The van der Waals surface area contributed by atoms with E-state index in [0.29, 0.717) is 0 Å². The zero-order chi connectivity index (χ0) is 29.6. The van der Waals surface area contributed by atoms with Crippen LogP contribution < -0.4 is 15.9 Å². The summed E-state index contributed by atoms with van der Waals surface area (Å²) >= 11 is 0. The Kier molecular flexibility index (Phi) is 7.87. The van der Waals surface area contributed by atoms with E-state index in [0.717, 1.165) is 40.1 Å². The standard InChI is InChI=1S/C40H31N3P/c1-4-14-34(15-5-1)44(35-16-6-2-7-17-35,36-18-8-3-9-19-36)30-31-22-24-32(25-23-31)33-28-39(37-20-10-12-26-41-37)43-40(29-33)38-21-11-13-27-42-38/h1-29H,30H2/q+1. The van der Waals surface area contributed by atoms with Crippen LogP contribution in [-0.2, 0) is 6.16 Å². The molecule has 210 valence electrons. The number of benzene rings is 4. The van der Waals surface area contributed by atoms with E-state index < -0.39 is 7.26 Å². The van der Waals surface area contributed by atoms with Gasteiger partial charge in [0.05, 0.1) is 28.9 Å². The van der Waals surface area contributed by atoms with E-state index in [1.807, 2.05) is 36.4 Å². The second kappa shape index (κ2) is 12.6. The number of hydrogen-bond acceptors (Lipinski definition) is 3. The van der Waals surface area contributed by atoms with Crippen molar-refractivity contribution in [1.82, 2.24) is 15.0 Å². The fraction of sp³-hybridized carbons (Fsp3) is 0.0250. The molecule has 0 fully saturated rings. The topological polar surface area (TPSA) is 38.7 Å². The van der Waals surface area contributed by atoms with Crippen LogP contribution in [-0.4, -0.2) is 15.0 Å². The predicted octanol–water partition coefficient (Wildman–Crippen LogP) is 8.37. The summed E-state index contributed by atoms with van der Waals surface area (Å²) in [6.45, 7) is 0. The van der Waals surface area contributed by atoms with Gasteiger partial charge in [0.15, 0.2) is 0 Å². The summed E-state index contributed by atoms with van der Waals surface area (Å²) in [5.74, 6) is 0. The van der Waals surface area contributed by atoms with Gasteiger partial charge < -0.3 is 0 Å². The predicted molar refractivity (Wildman–Crippen MR) is 185 cm³/mol. The maximum atomic E-state index is 4.95. The minimum Gasteiger partial charge on any atom is -0.255 e. The smallest absolute Gasteiger partial charge is 0.116 e. The van der Waals surface area contributed by atoms with Crippen LogP contribution >= 0.6 is 7.26 Å². The fourth-order valence-electron chi connectivity index (χ4n) is 5.83. The van der Waals surface area contributed by atoms with E-state index in [-0.39, 0.29) is 0 Å². The van der Waals surface area contributed by atoms with Crippen LogP contribution in [0.4, 0.5) is 0 Å². The summed E-state index contributed by atoms with van der Waals surface area (Å²) in [5.41, 5.74) is 6.86. The molecule has 0 unspecified atom stereocenters. The van der Waals surface area contributed by atoms with Crippen molar-refractivity contribution in [2.75, 3.05) is 0 Å². The first kappa shape index (κ1) is 27.6. The number of rotatable bonds is 8. The summed E-state index contributed by atoms with van der Waals surface area (Å²) < 4.78 is 0. The molecule has 0 spiro atoms. The Morgan fingerprint density at radius 2 is 0.818 bits per heavy atom. The molecule has 7 aromatic rings. The third kappa shape index (κ3) is 5.58. The van der Waals surface area contributed by atoms with Gasteiger partial charge in [0.2, 0.25) is 0 Å². The second-order valence-electron chi connectivity index (χ2n) is 10.7. The Hall–Kier alpha value is -5.24. The molecule has 4 heteroatoms. The van der Waals surface area contributed by atoms with Gasteiger partial charge in [-0.25, -0.2) is 4.98 Å². The molecule has 0 saturated carbocycles. The van der Waals surface area contributed by atoms with E-state index in [2.05, 4.69) is 137 Å². The highest BCUT2D eigenvalue weighted by atomic mass is 31.2. The number of nitrogens with zero attached hydrogens (tertiary/aromatic N) is 3. The van der Waals surface area contributed by atoms with E-state index in [4.69, 9.17) is 4.98 Å². The van der Waals surface area contributed by atoms with E-state index in [1.165, 1.54) is 21.5 Å². The lowest BCUT2D eigenvalue weighted by atomic mass is 10.0. The van der Waals surface area contributed by atoms with Gasteiger partial charge in [-0.05, 0) is 89.5 Å². The van der Waals surface area contributed by atoms with Gasteiger partial charge in [-0.1, -0.05) is 91.0 Å². The van der Waals surface area contributed by atoms with Crippen molar-refractivity contribution in [1.29, 1.82) is 0 Å². The number of aromatic nitrogens is 3. The van der Waals surface area contributed by atoms with Crippen molar-refractivity contribution in [3.05, 3.63) is 182 Å². The van der Waals surface area contributed by atoms with Crippen molar-refractivity contribution in [2.24, 2.45) is 0 Å². The first-order valence-electron chi connectivity index (χ1n) is 14.8. The molecule has 3 heterocycles. The zero-order valence-electron chi connectivity index (χ0n) is 24.2. The summed E-state index contributed by atoms with van der Waals surface area (Å²) in [7, 11) is -1.98. The molecule has 4 aromatic carbocycles. The monoisotopic (exact) mass is 584 g/mol. The molecule has 7 rings (SSSR count). The Bertz CT molecular complexity index is 1790. The molecule has 0 atom stereocenters. The normalized spacial score (nSPS) is 11.3. The van der Waals surface area contributed by atoms with Gasteiger partial charge in [0.25, 0.3) is 0 Å². The Morgan fingerprint density at radius 1 is 0.386 bits per heavy atom. The number of hydrogen-bond donors (Lipinski definition) is 0. The first-order valence-corrected chi connectivity index (χ1v) is 16.8. The van der Waals surface area contributed by atoms with E-state index in [9.17, 15) is 0 Å². The maximum absolute atomic E-state index is 4.95. The Morgan fingerprint density at radius 3 is 1.23 bits per heavy atom. The van der Waals surface area contributed by atoms with Crippen molar-refractivity contribution >= 4 is 23.2 Å². The lowest BCUT2D eigenvalue weighted by Crippen LogP contribution is -2.32. The highest BCUT2D eigenvalue weighted by Gasteiger charge is 2.45. The van der Waals surface area contributed by atoms with Crippen LogP contribution in [0.2, 0.25) is 0 Å². The largest absolute Gasteiger partial charge is 0.255 e. The van der Waals surface area contributed by atoms with Crippen molar-refractivity contribution in [2.45, 2.75) is 6.16 Å². The molecule has 0 amide bonds. The summed E-state index contributed by atoms with van der Waals surface area (Å²) in [4.78, 5) is 14.1. The van der Waals surface area contributed by atoms with Crippen molar-refractivity contribution in [3.63, 3.8) is 0 Å². The molecular weight excluding hydrogens is 553 g/mol. The van der Waals surface area contributed by atoms with Crippen LogP contribution in [0.15, 0.2) is 176 Å². The van der Waals surface area contributed by atoms with Gasteiger partial charge in [-0.2, -0.15) is 0 Å². The fourth-order valence-corrected chi connectivity index (χ4v) is 10.1. The van der Waals surface area contributed by atoms with Crippen LogP contribution in [0.5, 0.6) is 0 Å². The first-order chi connectivity index (χ1) is 21.8. The molecule has 0 aliphatic rings. The van der Waals surface area contributed by atoms with Gasteiger partial charge >= 0.3 is 0 Å². The number of pyridine rings is 3. The van der Waals surface area contributed by atoms with Crippen LogP contribution in [0, 0.1) is 0 Å². The summed E-state index contributed by atoms with van der Waals surface area (Å²) in [6.07, 6.45) is 4.54. The molecule has 0 N–H and O–H groups in total. The zero-order valence-corrected chi connectivity index (χ0v) is 25.1. The van der Waals surface area contributed by atoms with E-state index in [1.54, 1.807) is 12.4 Å². The molecule has 0 aliphatic carbocycles. The summed E-state index contributed by atoms with van der Waals surface area (Å²) in [5, 5.41) is 4.15. The third-order valence-corrected chi connectivity index (χ3v) is 12.4. The molecule has 3 nitrogen and oxygen atoms in total. The lowest BCUT2D eigenvalue weighted by Gasteiger charge is -2.28. The van der Waals surface area contributed by atoms with Gasteiger partial charge in [-0.15, -0.1) is 0 Å². The lowest BCUT2D eigenvalue weighted by molar-refractivity contribution is 1.22. The highest BCUT2D eigenvalue weighted by Crippen LogP contribution is 2.58. The Balaban J connectivity index is 1.32. The average molecular weight is 585 g/mol. The highest BCUT2D eigenvalue weighted by molar-refractivity contribution is 7.95. The SMILES string of the molecule is c1ccc([P+](Cc2ccc(-c3cc(-c4ccccn4)nc(-c4ccccn4)c3)cc2)(c2ccccc2)c2ccccc2)cc1. The van der Waals surface area contributed by atoms with Crippen molar-refractivity contribution < 1.29 is 0 Å². The molecular formula is C40H31N3P+. The van der Waals surface area contributed by atoms with Crippen molar-refractivity contribution in [3.8, 4) is 33.9 Å².